The van der Waals surface area contributed by atoms with Crippen LogP contribution in [0.2, 0.25) is 0 Å². The van der Waals surface area contributed by atoms with Gasteiger partial charge < -0.3 is 14.9 Å². The summed E-state index contributed by atoms with van der Waals surface area (Å²) < 4.78 is 9.96. The van der Waals surface area contributed by atoms with E-state index < -0.39 is 11.5 Å². The lowest BCUT2D eigenvalue weighted by atomic mass is 10.0. The molecule has 1 fully saturated rings. The molecular weight excluding hydrogens is 194 g/mol. The summed E-state index contributed by atoms with van der Waals surface area (Å²) in [5.41, 5.74) is 5.76. The van der Waals surface area contributed by atoms with Gasteiger partial charge in [0.15, 0.2) is 0 Å². The van der Waals surface area contributed by atoms with E-state index in [4.69, 9.17) is 10.2 Å². The lowest BCUT2D eigenvalue weighted by Crippen LogP contribution is -2.24. The summed E-state index contributed by atoms with van der Waals surface area (Å²) in [6.07, 6.45) is 0.869. The molecule has 1 aliphatic rings. The highest BCUT2D eigenvalue weighted by Gasteiger charge is 2.61. The molecule has 0 saturated heterocycles. The van der Waals surface area contributed by atoms with Crippen molar-refractivity contribution < 1.29 is 13.9 Å². The summed E-state index contributed by atoms with van der Waals surface area (Å²) in [4.78, 5) is 11.2. The highest BCUT2D eigenvalue weighted by Crippen LogP contribution is 2.60. The third kappa shape index (κ3) is 1.36. The number of furan rings is 1. The van der Waals surface area contributed by atoms with Crippen LogP contribution in [0.3, 0.4) is 0 Å². The Morgan fingerprint density at radius 3 is 2.60 bits per heavy atom. The summed E-state index contributed by atoms with van der Waals surface area (Å²) in [6, 6.07) is 3.35. The summed E-state index contributed by atoms with van der Waals surface area (Å²) in [5, 5.41) is 0. The quantitative estimate of drug-likeness (QED) is 0.752. The Labute approximate surface area is 88.4 Å². The van der Waals surface area contributed by atoms with Crippen LogP contribution in [0.1, 0.15) is 36.6 Å². The third-order valence-electron chi connectivity index (χ3n) is 3.24. The molecule has 1 aromatic heterocycles. The average Bonchev–Trinajstić information content (AvgIpc) is 2.57. The zero-order chi connectivity index (χ0) is 11.3. The zero-order valence-corrected chi connectivity index (χ0v) is 9.16. The molecule has 0 aliphatic heterocycles. The number of esters is 1. The van der Waals surface area contributed by atoms with Crippen molar-refractivity contribution >= 4 is 5.97 Å². The number of rotatable bonds is 2. The summed E-state index contributed by atoms with van der Waals surface area (Å²) in [6.45, 7) is 4.15. The molecule has 2 N–H and O–H groups in total. The Morgan fingerprint density at radius 1 is 1.53 bits per heavy atom. The topological polar surface area (TPSA) is 65.5 Å². The largest absolute Gasteiger partial charge is 0.463 e. The van der Waals surface area contributed by atoms with Gasteiger partial charge in [0.05, 0.1) is 12.6 Å². The van der Waals surface area contributed by atoms with E-state index in [1.807, 2.05) is 0 Å². The second-order valence-electron chi connectivity index (χ2n) is 4.69. The second kappa shape index (κ2) is 2.85. The van der Waals surface area contributed by atoms with Crippen LogP contribution in [-0.2, 0) is 10.3 Å². The van der Waals surface area contributed by atoms with Gasteiger partial charge in [0.2, 0.25) is 5.76 Å². The maximum Gasteiger partial charge on any atom is 0.373 e. The summed E-state index contributed by atoms with van der Waals surface area (Å²) in [5.74, 6) is 0.399. The molecule has 1 aliphatic carbocycles. The Morgan fingerprint density at radius 2 is 2.13 bits per heavy atom. The highest BCUT2D eigenvalue weighted by molar-refractivity contribution is 5.86. The Bertz CT molecular complexity index is 408. The van der Waals surface area contributed by atoms with Crippen molar-refractivity contribution in [2.45, 2.75) is 25.8 Å². The molecule has 1 saturated carbocycles. The molecule has 1 heterocycles. The number of ether oxygens (including phenoxy) is 1. The highest BCUT2D eigenvalue weighted by atomic mass is 16.5. The molecule has 0 radical (unpaired) electrons. The van der Waals surface area contributed by atoms with Crippen molar-refractivity contribution in [2.24, 2.45) is 11.1 Å². The van der Waals surface area contributed by atoms with Crippen molar-refractivity contribution in [3.63, 3.8) is 0 Å². The molecule has 0 spiro atoms. The van der Waals surface area contributed by atoms with Gasteiger partial charge in [-0.25, -0.2) is 4.79 Å². The van der Waals surface area contributed by atoms with Gasteiger partial charge in [0.25, 0.3) is 0 Å². The number of hydrogen-bond donors (Lipinski definition) is 1. The van der Waals surface area contributed by atoms with Crippen LogP contribution in [0, 0.1) is 5.41 Å². The van der Waals surface area contributed by atoms with Gasteiger partial charge in [-0.05, 0) is 24.0 Å². The first kappa shape index (κ1) is 10.2. The third-order valence-corrected chi connectivity index (χ3v) is 3.24. The molecule has 1 aromatic rings. The number of carbonyl (C=O) groups is 1. The molecule has 0 aromatic carbocycles. The first-order valence-corrected chi connectivity index (χ1v) is 4.88. The van der Waals surface area contributed by atoms with E-state index in [2.05, 4.69) is 18.6 Å². The number of hydrogen-bond acceptors (Lipinski definition) is 4. The summed E-state index contributed by atoms with van der Waals surface area (Å²) in [7, 11) is 1.32. The van der Waals surface area contributed by atoms with Crippen molar-refractivity contribution in [3.8, 4) is 0 Å². The lowest BCUT2D eigenvalue weighted by molar-refractivity contribution is 0.0561. The van der Waals surface area contributed by atoms with Crippen LogP contribution < -0.4 is 5.73 Å². The SMILES string of the molecule is COC(=O)c1ccc(C2(N)CC2(C)C)o1. The first-order valence-electron chi connectivity index (χ1n) is 4.88. The monoisotopic (exact) mass is 209 g/mol. The number of methoxy groups -OCH3 is 1. The van der Waals surface area contributed by atoms with Crippen LogP contribution >= 0.6 is 0 Å². The zero-order valence-electron chi connectivity index (χ0n) is 9.16. The molecule has 1 atom stereocenters. The van der Waals surface area contributed by atoms with Gasteiger partial charge in [0, 0.05) is 0 Å². The predicted molar refractivity (Wildman–Crippen MR) is 54.3 cm³/mol. The fourth-order valence-electron chi connectivity index (χ4n) is 1.86. The van der Waals surface area contributed by atoms with Gasteiger partial charge in [-0.1, -0.05) is 13.8 Å². The molecule has 4 nitrogen and oxygen atoms in total. The number of carbonyl (C=O) groups excluding carboxylic acids is 1. The average molecular weight is 209 g/mol. The maximum atomic E-state index is 11.2. The molecule has 0 bridgehead atoms. The molecule has 15 heavy (non-hydrogen) atoms. The normalized spacial score (nSPS) is 27.5. The molecule has 0 amide bonds. The smallest absolute Gasteiger partial charge is 0.373 e. The van der Waals surface area contributed by atoms with Crippen LogP contribution in [0.15, 0.2) is 16.5 Å². The van der Waals surface area contributed by atoms with Gasteiger partial charge in [-0.2, -0.15) is 0 Å². The van der Waals surface area contributed by atoms with Gasteiger partial charge in [0.1, 0.15) is 5.76 Å². The van der Waals surface area contributed by atoms with E-state index in [1.54, 1.807) is 12.1 Å². The Kier molecular flexibility index (Phi) is 1.95. The minimum atomic E-state index is -0.469. The van der Waals surface area contributed by atoms with E-state index in [0.717, 1.165) is 6.42 Å². The molecule has 1 unspecified atom stereocenters. The first-order chi connectivity index (χ1) is 6.90. The maximum absolute atomic E-state index is 11.2. The fraction of sp³-hybridized carbons (Fsp3) is 0.545. The minimum Gasteiger partial charge on any atom is -0.463 e. The Hall–Kier alpha value is -1.29. The second-order valence-corrected chi connectivity index (χ2v) is 4.69. The molecule has 4 heteroatoms. The van der Waals surface area contributed by atoms with Crippen molar-refractivity contribution in [1.29, 1.82) is 0 Å². The van der Waals surface area contributed by atoms with Crippen molar-refractivity contribution in [3.05, 3.63) is 23.7 Å². The van der Waals surface area contributed by atoms with Gasteiger partial charge >= 0.3 is 5.97 Å². The van der Waals surface area contributed by atoms with Crippen LogP contribution in [-0.4, -0.2) is 13.1 Å². The lowest BCUT2D eigenvalue weighted by Gasteiger charge is -2.11. The molecule has 82 valence electrons. The van der Waals surface area contributed by atoms with E-state index in [9.17, 15) is 4.79 Å². The minimum absolute atomic E-state index is 0.0399. The standard InChI is InChI=1S/C11H15NO3/c1-10(2)6-11(10,12)8-5-4-7(15-8)9(13)14-3/h4-5H,6,12H2,1-3H3. The van der Waals surface area contributed by atoms with E-state index in [1.165, 1.54) is 7.11 Å². The van der Waals surface area contributed by atoms with Crippen LogP contribution in [0.25, 0.3) is 0 Å². The fourth-order valence-corrected chi connectivity index (χ4v) is 1.86. The van der Waals surface area contributed by atoms with Gasteiger partial charge in [-0.3, -0.25) is 0 Å². The Balaban J connectivity index is 2.26. The summed E-state index contributed by atoms with van der Waals surface area (Å²) >= 11 is 0. The van der Waals surface area contributed by atoms with Crippen LogP contribution in [0.5, 0.6) is 0 Å². The van der Waals surface area contributed by atoms with Crippen LogP contribution in [0.4, 0.5) is 0 Å². The number of nitrogens with two attached hydrogens (primary N) is 1. The van der Waals surface area contributed by atoms with Gasteiger partial charge in [-0.15, -0.1) is 0 Å². The molecule has 2 rings (SSSR count). The van der Waals surface area contributed by atoms with E-state index in [0.29, 0.717) is 5.76 Å². The molecular formula is C11H15NO3. The van der Waals surface area contributed by atoms with Crippen molar-refractivity contribution in [1.82, 2.24) is 0 Å². The van der Waals surface area contributed by atoms with Crippen molar-refractivity contribution in [2.75, 3.05) is 7.11 Å². The van der Waals surface area contributed by atoms with E-state index >= 15 is 0 Å². The predicted octanol–water partition coefficient (Wildman–Crippen LogP) is 1.65. The van der Waals surface area contributed by atoms with E-state index in [-0.39, 0.29) is 11.2 Å².